The third-order valence-electron chi connectivity index (χ3n) is 1.20. The summed E-state index contributed by atoms with van der Waals surface area (Å²) in [4.78, 5) is 10.1. The molecule has 8 heavy (non-hydrogen) atoms. The van der Waals surface area contributed by atoms with Crippen LogP contribution in [0.3, 0.4) is 0 Å². The number of carbonyl (C=O) groups is 1. The molecule has 48 valence electrons. The zero-order chi connectivity index (χ0) is 6.41. The fourth-order valence-electron chi connectivity index (χ4n) is 0.509. The lowest BCUT2D eigenvalue weighted by atomic mass is 10.1. The molecule has 0 saturated heterocycles. The van der Waals surface area contributed by atoms with E-state index in [9.17, 15) is 4.79 Å². The molecule has 0 fully saturated rings. The smallest absolute Gasteiger partial charge is 0.123 e. The third kappa shape index (κ3) is 3.03. The minimum absolute atomic E-state index is 0.188. The van der Waals surface area contributed by atoms with Crippen molar-refractivity contribution in [2.75, 3.05) is 5.88 Å². The van der Waals surface area contributed by atoms with E-state index in [0.717, 1.165) is 19.1 Å². The second-order valence-electron chi connectivity index (χ2n) is 1.78. The van der Waals surface area contributed by atoms with Crippen LogP contribution in [0.2, 0.25) is 0 Å². The number of hydrogen-bond acceptors (Lipinski definition) is 1. The molecule has 0 aliphatic heterocycles. The second-order valence-corrected chi connectivity index (χ2v) is 2.16. The van der Waals surface area contributed by atoms with Gasteiger partial charge in [0.2, 0.25) is 0 Å². The molecule has 0 aliphatic carbocycles. The third-order valence-corrected chi connectivity index (χ3v) is 1.41. The minimum Gasteiger partial charge on any atom is -0.303 e. The van der Waals surface area contributed by atoms with Crippen molar-refractivity contribution in [1.82, 2.24) is 0 Å². The molecule has 0 heterocycles. The zero-order valence-corrected chi connectivity index (χ0v) is 5.82. The van der Waals surface area contributed by atoms with Gasteiger partial charge in [-0.2, -0.15) is 0 Å². The van der Waals surface area contributed by atoms with Crippen molar-refractivity contribution in [3.05, 3.63) is 0 Å². The standard InChI is InChI=1S/C6H11ClO/c1-2-6(5-8)3-4-7/h5-6H,2-4H2,1H3. The molecule has 0 aliphatic rings. The van der Waals surface area contributed by atoms with E-state index in [1.807, 2.05) is 6.92 Å². The van der Waals surface area contributed by atoms with Gasteiger partial charge in [0.1, 0.15) is 6.29 Å². The minimum atomic E-state index is 0.188. The Morgan fingerprint density at radius 3 is 2.50 bits per heavy atom. The van der Waals surface area contributed by atoms with E-state index in [-0.39, 0.29) is 5.92 Å². The molecule has 0 N–H and O–H groups in total. The maximum Gasteiger partial charge on any atom is 0.123 e. The first kappa shape index (κ1) is 7.96. The van der Waals surface area contributed by atoms with Crippen molar-refractivity contribution in [2.45, 2.75) is 19.8 Å². The van der Waals surface area contributed by atoms with Crippen molar-refractivity contribution in [3.8, 4) is 0 Å². The van der Waals surface area contributed by atoms with E-state index in [1.54, 1.807) is 0 Å². The topological polar surface area (TPSA) is 17.1 Å². The van der Waals surface area contributed by atoms with Gasteiger partial charge in [0, 0.05) is 11.8 Å². The summed E-state index contributed by atoms with van der Waals surface area (Å²) in [6.45, 7) is 1.99. The molecule has 1 nitrogen and oxygen atoms in total. The molecule has 0 aromatic carbocycles. The molecule has 2 heteroatoms. The monoisotopic (exact) mass is 134 g/mol. The fraction of sp³-hybridized carbons (Fsp3) is 0.833. The first-order valence-electron chi connectivity index (χ1n) is 2.86. The zero-order valence-electron chi connectivity index (χ0n) is 5.06. The van der Waals surface area contributed by atoms with Gasteiger partial charge in [-0.3, -0.25) is 0 Å². The molecular weight excluding hydrogens is 124 g/mol. The predicted octanol–water partition coefficient (Wildman–Crippen LogP) is 1.84. The normalized spacial score (nSPS) is 13.2. The number of aldehydes is 1. The van der Waals surface area contributed by atoms with Gasteiger partial charge in [-0.15, -0.1) is 11.6 Å². The van der Waals surface area contributed by atoms with Crippen LogP contribution in [0, 0.1) is 5.92 Å². The average molecular weight is 135 g/mol. The highest BCUT2D eigenvalue weighted by molar-refractivity contribution is 6.17. The maximum absolute atomic E-state index is 10.1. The predicted molar refractivity (Wildman–Crippen MR) is 35.2 cm³/mol. The highest BCUT2D eigenvalue weighted by atomic mass is 35.5. The number of alkyl halides is 1. The molecule has 0 aromatic heterocycles. The van der Waals surface area contributed by atoms with Crippen LogP contribution in [-0.2, 0) is 4.79 Å². The highest BCUT2D eigenvalue weighted by Gasteiger charge is 2.00. The van der Waals surface area contributed by atoms with Gasteiger partial charge in [-0.05, 0) is 12.8 Å². The largest absolute Gasteiger partial charge is 0.303 e. The number of rotatable bonds is 4. The summed E-state index contributed by atoms with van der Waals surface area (Å²) < 4.78 is 0. The van der Waals surface area contributed by atoms with Gasteiger partial charge in [0.25, 0.3) is 0 Å². The summed E-state index contributed by atoms with van der Waals surface area (Å²) in [6, 6.07) is 0. The van der Waals surface area contributed by atoms with Crippen molar-refractivity contribution in [1.29, 1.82) is 0 Å². The number of hydrogen-bond donors (Lipinski definition) is 0. The number of carbonyl (C=O) groups excluding carboxylic acids is 1. The van der Waals surface area contributed by atoms with Crippen LogP contribution in [0.4, 0.5) is 0 Å². The molecule has 0 spiro atoms. The molecule has 1 atom stereocenters. The lowest BCUT2D eigenvalue weighted by Gasteiger charge is -2.00. The summed E-state index contributed by atoms with van der Waals surface area (Å²) in [5.74, 6) is 0.782. The first-order chi connectivity index (χ1) is 3.85. The van der Waals surface area contributed by atoms with Crippen LogP contribution in [0.25, 0.3) is 0 Å². The molecule has 0 aromatic rings. The van der Waals surface area contributed by atoms with Crippen LogP contribution in [0.5, 0.6) is 0 Å². The van der Waals surface area contributed by atoms with E-state index in [1.165, 1.54) is 0 Å². The van der Waals surface area contributed by atoms with Crippen LogP contribution in [-0.4, -0.2) is 12.2 Å². The molecule has 0 rings (SSSR count). The quantitative estimate of drug-likeness (QED) is 0.424. The van der Waals surface area contributed by atoms with E-state index in [2.05, 4.69) is 0 Å². The van der Waals surface area contributed by atoms with Gasteiger partial charge >= 0.3 is 0 Å². The lowest BCUT2D eigenvalue weighted by molar-refractivity contribution is -0.111. The second kappa shape index (κ2) is 5.10. The van der Waals surface area contributed by atoms with Crippen molar-refractivity contribution in [3.63, 3.8) is 0 Å². The Hall–Kier alpha value is -0.0400. The summed E-state index contributed by atoms with van der Waals surface area (Å²) in [5.41, 5.74) is 0. The summed E-state index contributed by atoms with van der Waals surface area (Å²) in [6.07, 6.45) is 2.71. The van der Waals surface area contributed by atoms with E-state index in [0.29, 0.717) is 5.88 Å². The molecule has 0 radical (unpaired) electrons. The highest BCUT2D eigenvalue weighted by Crippen LogP contribution is 2.04. The van der Waals surface area contributed by atoms with E-state index in [4.69, 9.17) is 11.6 Å². The fourth-order valence-corrected chi connectivity index (χ4v) is 0.789. The van der Waals surface area contributed by atoms with Crippen molar-refractivity contribution >= 4 is 17.9 Å². The Balaban J connectivity index is 3.21. The lowest BCUT2D eigenvalue weighted by Crippen LogP contribution is -1.99. The molecule has 0 saturated carbocycles. The van der Waals surface area contributed by atoms with Gasteiger partial charge in [-0.25, -0.2) is 0 Å². The summed E-state index contributed by atoms with van der Waals surface area (Å²) in [5, 5.41) is 0. The summed E-state index contributed by atoms with van der Waals surface area (Å²) in [7, 11) is 0. The van der Waals surface area contributed by atoms with Gasteiger partial charge < -0.3 is 4.79 Å². The molecular formula is C6H11ClO. The Morgan fingerprint density at radius 1 is 1.75 bits per heavy atom. The molecule has 1 unspecified atom stereocenters. The Labute approximate surface area is 55.0 Å². The SMILES string of the molecule is CCC(C=O)CCCl. The van der Waals surface area contributed by atoms with Gasteiger partial charge in [0.15, 0.2) is 0 Å². The molecule has 0 amide bonds. The Morgan fingerprint density at radius 2 is 2.38 bits per heavy atom. The van der Waals surface area contributed by atoms with Gasteiger partial charge in [-0.1, -0.05) is 6.92 Å². The van der Waals surface area contributed by atoms with Crippen molar-refractivity contribution in [2.24, 2.45) is 5.92 Å². The first-order valence-corrected chi connectivity index (χ1v) is 3.39. The van der Waals surface area contributed by atoms with Crippen LogP contribution < -0.4 is 0 Å². The van der Waals surface area contributed by atoms with Crippen LogP contribution in [0.1, 0.15) is 19.8 Å². The van der Waals surface area contributed by atoms with Crippen molar-refractivity contribution < 1.29 is 4.79 Å². The Bertz CT molecular complexity index is 63.5. The maximum atomic E-state index is 10.1. The summed E-state index contributed by atoms with van der Waals surface area (Å²) >= 11 is 5.39. The van der Waals surface area contributed by atoms with Gasteiger partial charge in [0.05, 0.1) is 0 Å². The Kier molecular flexibility index (Phi) is 5.08. The van der Waals surface area contributed by atoms with Crippen LogP contribution >= 0.6 is 11.6 Å². The number of halogens is 1. The average Bonchev–Trinajstić information content (AvgIpc) is 1.83. The van der Waals surface area contributed by atoms with E-state index >= 15 is 0 Å². The van der Waals surface area contributed by atoms with Crippen LogP contribution in [0.15, 0.2) is 0 Å². The molecule has 0 bridgehead atoms. The van der Waals surface area contributed by atoms with E-state index < -0.39 is 0 Å².